The van der Waals surface area contributed by atoms with Crippen LogP contribution >= 0.6 is 11.3 Å². The standard InChI is InChI=1S/C25H31N7O7S/c1-35-16-4-3-5-17(36-2)20(16)15-14-18(22(33)29-25-31-30-24(40-25)28-19(27)6-7-26)39-23(34)21(15)38-13-10-32-8-11-37-12-9-32/h3-7,14,16,20H,8-13,26H2,1-2H3,(H2,27,28,30)(H,29,31,33)/b7-6-. The van der Waals surface area contributed by atoms with Crippen molar-refractivity contribution in [3.8, 4) is 5.75 Å². The number of carbonyl (C=O) groups excluding carboxylic acids is 1. The molecule has 2 aromatic rings. The Morgan fingerprint density at radius 1 is 1.32 bits per heavy atom. The van der Waals surface area contributed by atoms with Crippen LogP contribution in [0.3, 0.4) is 0 Å². The van der Waals surface area contributed by atoms with Crippen LogP contribution in [-0.2, 0) is 14.2 Å². The molecule has 1 amide bonds. The average molecular weight is 574 g/mol. The Morgan fingerprint density at radius 3 is 2.85 bits per heavy atom. The maximum atomic E-state index is 13.2. The third-order valence-electron chi connectivity index (χ3n) is 6.08. The normalized spacial score (nSPS) is 19.9. The molecule has 40 heavy (non-hydrogen) atoms. The van der Waals surface area contributed by atoms with Gasteiger partial charge < -0.3 is 34.8 Å². The molecule has 3 heterocycles. The van der Waals surface area contributed by atoms with E-state index >= 15 is 0 Å². The minimum absolute atomic E-state index is 0.0221. The fraction of sp³-hybridized carbons (Fsp3) is 0.400. The molecule has 2 unspecified atom stereocenters. The molecule has 0 aromatic carbocycles. The predicted molar refractivity (Wildman–Crippen MR) is 148 cm³/mol. The van der Waals surface area contributed by atoms with Crippen LogP contribution in [0.1, 0.15) is 22.0 Å². The first-order valence-corrected chi connectivity index (χ1v) is 13.2. The van der Waals surface area contributed by atoms with Gasteiger partial charge in [-0.2, -0.15) is 0 Å². The lowest BCUT2D eigenvalue weighted by atomic mass is 9.87. The molecule has 1 aliphatic heterocycles. The number of rotatable bonds is 11. The summed E-state index contributed by atoms with van der Waals surface area (Å²) in [5, 5.41) is 10.6. The molecule has 0 saturated carbocycles. The monoisotopic (exact) mass is 573 g/mol. The molecular formula is C25H31N7O7S. The van der Waals surface area contributed by atoms with E-state index in [2.05, 4.69) is 25.4 Å². The number of aromatic nitrogens is 2. The second-order valence-corrected chi connectivity index (χ2v) is 9.52. The van der Waals surface area contributed by atoms with E-state index in [1.807, 2.05) is 6.08 Å². The van der Waals surface area contributed by atoms with Gasteiger partial charge in [0, 0.05) is 32.3 Å². The molecule has 4 rings (SSSR count). The van der Waals surface area contributed by atoms with Crippen LogP contribution in [0.15, 0.2) is 56.5 Å². The van der Waals surface area contributed by atoms with Crippen molar-refractivity contribution in [3.05, 3.63) is 64.1 Å². The van der Waals surface area contributed by atoms with Crippen molar-refractivity contribution in [2.75, 3.05) is 59.0 Å². The molecule has 2 atom stereocenters. The Labute approximate surface area is 233 Å². The summed E-state index contributed by atoms with van der Waals surface area (Å²) >= 11 is 0.970. The Balaban J connectivity index is 1.62. The maximum absolute atomic E-state index is 13.2. The fourth-order valence-electron chi connectivity index (χ4n) is 4.18. The minimum atomic E-state index is -0.812. The van der Waals surface area contributed by atoms with E-state index in [4.69, 9.17) is 34.8 Å². The molecule has 0 spiro atoms. The van der Waals surface area contributed by atoms with Crippen LogP contribution in [0.4, 0.5) is 10.3 Å². The summed E-state index contributed by atoms with van der Waals surface area (Å²) < 4.78 is 28.0. The van der Waals surface area contributed by atoms with Crippen molar-refractivity contribution in [1.82, 2.24) is 15.1 Å². The third-order valence-corrected chi connectivity index (χ3v) is 6.82. The summed E-state index contributed by atoms with van der Waals surface area (Å²) in [7, 11) is 3.07. The molecular weight excluding hydrogens is 542 g/mol. The second kappa shape index (κ2) is 13.8. The van der Waals surface area contributed by atoms with Gasteiger partial charge in [0.25, 0.3) is 5.91 Å². The lowest BCUT2D eigenvalue weighted by molar-refractivity contribution is 0.0318. The van der Waals surface area contributed by atoms with Gasteiger partial charge in [0.05, 0.1) is 32.3 Å². The maximum Gasteiger partial charge on any atom is 0.379 e. The van der Waals surface area contributed by atoms with Crippen LogP contribution in [-0.4, -0.2) is 86.6 Å². The molecule has 0 bridgehead atoms. The van der Waals surface area contributed by atoms with Crippen molar-refractivity contribution >= 4 is 33.3 Å². The van der Waals surface area contributed by atoms with Gasteiger partial charge in [-0.3, -0.25) is 15.0 Å². The van der Waals surface area contributed by atoms with Gasteiger partial charge >= 0.3 is 5.63 Å². The quantitative estimate of drug-likeness (QED) is 0.257. The van der Waals surface area contributed by atoms with Gasteiger partial charge in [0.2, 0.25) is 16.0 Å². The number of nitrogens with one attached hydrogen (secondary N) is 1. The first-order valence-electron chi connectivity index (χ1n) is 12.4. The van der Waals surface area contributed by atoms with E-state index in [-0.39, 0.29) is 34.2 Å². The number of nitrogens with two attached hydrogens (primary N) is 2. The van der Waals surface area contributed by atoms with Gasteiger partial charge in [-0.25, -0.2) is 9.79 Å². The highest BCUT2D eigenvalue weighted by molar-refractivity contribution is 7.18. The van der Waals surface area contributed by atoms with E-state index < -0.39 is 23.6 Å². The number of methoxy groups -OCH3 is 2. The van der Waals surface area contributed by atoms with Crippen molar-refractivity contribution in [3.63, 3.8) is 0 Å². The predicted octanol–water partition coefficient (Wildman–Crippen LogP) is 1.11. The number of nitrogens with zero attached hydrogens (tertiary/aromatic N) is 4. The van der Waals surface area contributed by atoms with Crippen molar-refractivity contribution in [2.45, 2.75) is 12.0 Å². The van der Waals surface area contributed by atoms with E-state index in [9.17, 15) is 9.59 Å². The Hall–Kier alpha value is -4.05. The average Bonchev–Trinajstić information content (AvgIpc) is 3.40. The molecule has 14 nitrogen and oxygen atoms in total. The summed E-state index contributed by atoms with van der Waals surface area (Å²) in [6.07, 6.45) is 7.52. The molecule has 2 aromatic heterocycles. The van der Waals surface area contributed by atoms with Crippen LogP contribution in [0.5, 0.6) is 5.75 Å². The lowest BCUT2D eigenvalue weighted by Crippen LogP contribution is -2.39. The molecule has 0 radical (unpaired) electrons. The summed E-state index contributed by atoms with van der Waals surface area (Å²) in [5.74, 6) is -0.928. The summed E-state index contributed by atoms with van der Waals surface area (Å²) in [4.78, 5) is 32.6. The topological polar surface area (TPSA) is 190 Å². The third kappa shape index (κ3) is 7.12. The molecule has 5 N–H and O–H groups in total. The lowest BCUT2D eigenvalue weighted by Gasteiger charge is -2.29. The molecule has 1 saturated heterocycles. The first kappa shape index (κ1) is 28.9. The zero-order chi connectivity index (χ0) is 28.5. The molecule has 1 fully saturated rings. The van der Waals surface area contributed by atoms with Crippen LogP contribution < -0.4 is 27.1 Å². The van der Waals surface area contributed by atoms with E-state index in [0.29, 0.717) is 31.1 Å². The molecule has 15 heteroatoms. The minimum Gasteiger partial charge on any atom is -0.500 e. The summed E-state index contributed by atoms with van der Waals surface area (Å²) in [6, 6.07) is 1.45. The Bertz CT molecular complexity index is 1360. The number of hydrogen-bond acceptors (Lipinski definition) is 13. The van der Waals surface area contributed by atoms with Gasteiger partial charge in [0.15, 0.2) is 5.76 Å². The highest BCUT2D eigenvalue weighted by atomic mass is 32.1. The number of amidine groups is 1. The summed E-state index contributed by atoms with van der Waals surface area (Å²) in [6.45, 7) is 3.64. The number of carbonyl (C=O) groups is 1. The molecule has 2 aliphatic rings. The second-order valence-electron chi connectivity index (χ2n) is 8.56. The number of allylic oxidation sites excluding steroid dienone is 2. The number of amides is 1. The van der Waals surface area contributed by atoms with E-state index in [1.54, 1.807) is 19.3 Å². The Morgan fingerprint density at radius 2 is 2.12 bits per heavy atom. The van der Waals surface area contributed by atoms with Gasteiger partial charge in [-0.1, -0.05) is 23.5 Å². The smallest absolute Gasteiger partial charge is 0.379 e. The van der Waals surface area contributed by atoms with Crippen LogP contribution in [0.2, 0.25) is 0 Å². The largest absolute Gasteiger partial charge is 0.500 e. The zero-order valence-electron chi connectivity index (χ0n) is 22.1. The first-order chi connectivity index (χ1) is 19.4. The van der Waals surface area contributed by atoms with E-state index in [0.717, 1.165) is 24.4 Å². The van der Waals surface area contributed by atoms with E-state index in [1.165, 1.54) is 25.5 Å². The SMILES string of the molecule is COC1=CC=CC(OC)C1c1cc(C(=O)Nc2nnc(/N=C(N)/C=C\N)s2)oc(=O)c1OCCN1CCOCC1. The molecule has 214 valence electrons. The fourth-order valence-corrected chi connectivity index (χ4v) is 4.81. The number of aliphatic imine (C=N–C) groups is 1. The van der Waals surface area contributed by atoms with Gasteiger partial charge in [0.1, 0.15) is 18.2 Å². The van der Waals surface area contributed by atoms with Crippen molar-refractivity contribution in [2.24, 2.45) is 16.5 Å². The van der Waals surface area contributed by atoms with Crippen LogP contribution in [0, 0.1) is 0 Å². The number of anilines is 1. The number of morpholine rings is 1. The summed E-state index contributed by atoms with van der Waals surface area (Å²) in [5.41, 5.74) is 10.6. The highest BCUT2D eigenvalue weighted by Crippen LogP contribution is 2.38. The van der Waals surface area contributed by atoms with Crippen LogP contribution in [0.25, 0.3) is 0 Å². The van der Waals surface area contributed by atoms with Gasteiger partial charge in [-0.05, 0) is 24.4 Å². The zero-order valence-corrected chi connectivity index (χ0v) is 22.9. The Kier molecular flexibility index (Phi) is 10.0. The number of ether oxygens (including phenoxy) is 4. The van der Waals surface area contributed by atoms with Gasteiger partial charge in [-0.15, -0.1) is 10.2 Å². The number of hydrogen-bond donors (Lipinski definition) is 3. The van der Waals surface area contributed by atoms with Crippen molar-refractivity contribution in [1.29, 1.82) is 0 Å². The molecule has 1 aliphatic carbocycles. The van der Waals surface area contributed by atoms with Crippen molar-refractivity contribution < 1.29 is 28.2 Å². The highest BCUT2D eigenvalue weighted by Gasteiger charge is 2.34.